The number of amides is 1. The van der Waals surface area contributed by atoms with E-state index in [0.717, 1.165) is 5.56 Å². The molecular formula is C18H16ClN3O2. The van der Waals surface area contributed by atoms with Crippen molar-refractivity contribution in [1.29, 1.82) is 0 Å². The van der Waals surface area contributed by atoms with Gasteiger partial charge in [0.15, 0.2) is 0 Å². The van der Waals surface area contributed by atoms with E-state index in [1.54, 1.807) is 30.3 Å². The molecule has 0 radical (unpaired) electrons. The fourth-order valence-corrected chi connectivity index (χ4v) is 2.41. The molecule has 3 rings (SSSR count). The number of aromatic nitrogens is 2. The van der Waals surface area contributed by atoms with E-state index < -0.39 is 0 Å². The summed E-state index contributed by atoms with van der Waals surface area (Å²) in [4.78, 5) is 16.5. The van der Waals surface area contributed by atoms with Gasteiger partial charge >= 0.3 is 0 Å². The fourth-order valence-electron chi connectivity index (χ4n) is 2.22. The summed E-state index contributed by atoms with van der Waals surface area (Å²) in [6.45, 7) is 3.83. The van der Waals surface area contributed by atoms with Gasteiger partial charge in [0.2, 0.25) is 5.82 Å². The summed E-state index contributed by atoms with van der Waals surface area (Å²) in [6, 6.07) is 14.4. The molecule has 0 unspecified atom stereocenters. The normalized spacial score (nSPS) is 10.8. The number of halogens is 1. The molecule has 0 atom stereocenters. The van der Waals surface area contributed by atoms with Crippen molar-refractivity contribution in [3.05, 3.63) is 59.1 Å². The highest BCUT2D eigenvalue weighted by atomic mass is 35.5. The Morgan fingerprint density at radius 2 is 1.88 bits per heavy atom. The molecule has 5 nitrogen and oxygen atoms in total. The number of nitrogens with zero attached hydrogens (tertiary/aromatic N) is 2. The van der Waals surface area contributed by atoms with Gasteiger partial charge in [-0.2, -0.15) is 4.98 Å². The number of carbonyl (C=O) groups is 1. The van der Waals surface area contributed by atoms with Gasteiger partial charge < -0.3 is 9.84 Å². The van der Waals surface area contributed by atoms with E-state index in [1.807, 2.05) is 32.0 Å². The van der Waals surface area contributed by atoms with E-state index in [1.165, 1.54) is 0 Å². The topological polar surface area (TPSA) is 68.0 Å². The standard InChI is InChI=1S/C18H16ClN3O2/c1-11(2)20-17(23)13-6-3-5-12(9-13)16-21-18(24-22-16)14-7-4-8-15(19)10-14/h3-11H,1-2H3,(H,20,23). The number of benzene rings is 2. The Hall–Kier alpha value is -2.66. The molecule has 0 fully saturated rings. The van der Waals surface area contributed by atoms with E-state index in [4.69, 9.17) is 16.1 Å². The second kappa shape index (κ2) is 6.84. The molecule has 0 saturated heterocycles. The molecule has 122 valence electrons. The van der Waals surface area contributed by atoms with Crippen LogP contribution in [0.5, 0.6) is 0 Å². The highest BCUT2D eigenvalue weighted by Crippen LogP contribution is 2.24. The van der Waals surface area contributed by atoms with Gasteiger partial charge in [-0.1, -0.05) is 35.0 Å². The predicted octanol–water partition coefficient (Wildman–Crippen LogP) is 4.20. The molecule has 0 aliphatic carbocycles. The zero-order valence-corrected chi connectivity index (χ0v) is 14.0. The summed E-state index contributed by atoms with van der Waals surface area (Å²) in [7, 11) is 0. The molecule has 0 saturated carbocycles. The zero-order valence-electron chi connectivity index (χ0n) is 13.3. The first-order chi connectivity index (χ1) is 11.5. The first kappa shape index (κ1) is 16.2. The smallest absolute Gasteiger partial charge is 0.258 e. The van der Waals surface area contributed by atoms with E-state index in [9.17, 15) is 4.79 Å². The lowest BCUT2D eigenvalue weighted by Gasteiger charge is -2.08. The Balaban J connectivity index is 1.89. The van der Waals surface area contributed by atoms with E-state index >= 15 is 0 Å². The fraction of sp³-hybridized carbons (Fsp3) is 0.167. The monoisotopic (exact) mass is 341 g/mol. The van der Waals surface area contributed by atoms with Crippen LogP contribution in [0.3, 0.4) is 0 Å². The average molecular weight is 342 g/mol. The van der Waals surface area contributed by atoms with Crippen molar-refractivity contribution in [3.63, 3.8) is 0 Å². The van der Waals surface area contributed by atoms with Crippen LogP contribution < -0.4 is 5.32 Å². The van der Waals surface area contributed by atoms with Crippen molar-refractivity contribution < 1.29 is 9.32 Å². The summed E-state index contributed by atoms with van der Waals surface area (Å²) < 4.78 is 5.30. The zero-order chi connectivity index (χ0) is 17.1. The third kappa shape index (κ3) is 3.63. The van der Waals surface area contributed by atoms with Crippen LogP contribution in [-0.2, 0) is 0 Å². The first-order valence-corrected chi connectivity index (χ1v) is 7.91. The van der Waals surface area contributed by atoms with E-state index in [2.05, 4.69) is 15.5 Å². The first-order valence-electron chi connectivity index (χ1n) is 7.54. The number of carbonyl (C=O) groups excluding carboxylic acids is 1. The summed E-state index contributed by atoms with van der Waals surface area (Å²) in [6.07, 6.45) is 0. The molecule has 1 aromatic heterocycles. The Morgan fingerprint density at radius 3 is 2.62 bits per heavy atom. The molecule has 0 aliphatic heterocycles. The quantitative estimate of drug-likeness (QED) is 0.772. The number of hydrogen-bond acceptors (Lipinski definition) is 4. The largest absolute Gasteiger partial charge is 0.350 e. The Bertz CT molecular complexity index is 874. The van der Waals surface area contributed by atoms with Gasteiger partial charge in [0, 0.05) is 27.8 Å². The minimum Gasteiger partial charge on any atom is -0.350 e. The number of rotatable bonds is 4. The van der Waals surface area contributed by atoms with Crippen LogP contribution in [0.25, 0.3) is 22.8 Å². The van der Waals surface area contributed by atoms with Gasteiger partial charge in [0.1, 0.15) is 0 Å². The van der Waals surface area contributed by atoms with Gasteiger partial charge in [-0.15, -0.1) is 0 Å². The third-order valence-corrected chi connectivity index (χ3v) is 3.54. The second-order valence-corrected chi connectivity index (χ2v) is 6.08. The van der Waals surface area contributed by atoms with Crippen molar-refractivity contribution in [1.82, 2.24) is 15.5 Å². The predicted molar refractivity (Wildman–Crippen MR) is 92.8 cm³/mol. The minimum absolute atomic E-state index is 0.0702. The van der Waals surface area contributed by atoms with Crippen molar-refractivity contribution >= 4 is 17.5 Å². The lowest BCUT2D eigenvalue weighted by atomic mass is 10.1. The summed E-state index contributed by atoms with van der Waals surface area (Å²) in [5.74, 6) is 0.666. The molecule has 1 heterocycles. The van der Waals surface area contributed by atoms with Gasteiger partial charge in [-0.05, 0) is 44.2 Å². The lowest BCUT2D eigenvalue weighted by molar-refractivity contribution is 0.0943. The van der Waals surface area contributed by atoms with E-state index in [-0.39, 0.29) is 11.9 Å². The summed E-state index contributed by atoms with van der Waals surface area (Å²) >= 11 is 5.98. The lowest BCUT2D eigenvalue weighted by Crippen LogP contribution is -2.30. The molecule has 1 N–H and O–H groups in total. The van der Waals surface area contributed by atoms with Crippen LogP contribution in [0.2, 0.25) is 5.02 Å². The Labute approximate surface area is 144 Å². The highest BCUT2D eigenvalue weighted by Gasteiger charge is 2.13. The van der Waals surface area contributed by atoms with Crippen LogP contribution in [0.15, 0.2) is 53.1 Å². The van der Waals surface area contributed by atoms with Crippen molar-refractivity contribution in [2.45, 2.75) is 19.9 Å². The van der Waals surface area contributed by atoms with Crippen LogP contribution in [-0.4, -0.2) is 22.1 Å². The molecule has 24 heavy (non-hydrogen) atoms. The molecule has 0 bridgehead atoms. The minimum atomic E-state index is -0.134. The van der Waals surface area contributed by atoms with E-state index in [0.29, 0.717) is 27.9 Å². The molecule has 0 spiro atoms. The Morgan fingerprint density at radius 1 is 1.12 bits per heavy atom. The SMILES string of the molecule is CC(C)NC(=O)c1cccc(-c2noc(-c3cccc(Cl)c3)n2)c1. The maximum absolute atomic E-state index is 12.1. The molecule has 2 aromatic carbocycles. The van der Waals surface area contributed by atoms with Crippen LogP contribution in [0.4, 0.5) is 0 Å². The maximum atomic E-state index is 12.1. The molecule has 3 aromatic rings. The van der Waals surface area contributed by atoms with Crippen LogP contribution in [0.1, 0.15) is 24.2 Å². The molecule has 6 heteroatoms. The number of nitrogens with one attached hydrogen (secondary N) is 1. The van der Waals surface area contributed by atoms with Crippen molar-refractivity contribution in [2.75, 3.05) is 0 Å². The average Bonchev–Trinajstić information content (AvgIpc) is 3.04. The molecule has 0 aliphatic rings. The second-order valence-electron chi connectivity index (χ2n) is 5.64. The van der Waals surface area contributed by atoms with Crippen molar-refractivity contribution in [2.24, 2.45) is 0 Å². The van der Waals surface area contributed by atoms with Crippen LogP contribution in [0, 0.1) is 0 Å². The number of hydrogen-bond donors (Lipinski definition) is 1. The van der Waals surface area contributed by atoms with Crippen molar-refractivity contribution in [3.8, 4) is 22.8 Å². The van der Waals surface area contributed by atoms with Crippen LogP contribution >= 0.6 is 11.6 Å². The van der Waals surface area contributed by atoms with Gasteiger partial charge in [-0.3, -0.25) is 4.79 Å². The molecule has 1 amide bonds. The highest BCUT2D eigenvalue weighted by molar-refractivity contribution is 6.30. The third-order valence-electron chi connectivity index (χ3n) is 3.30. The molecular weight excluding hydrogens is 326 g/mol. The maximum Gasteiger partial charge on any atom is 0.258 e. The summed E-state index contributed by atoms with van der Waals surface area (Å²) in [5.41, 5.74) is 2.01. The van der Waals surface area contributed by atoms with Gasteiger partial charge in [-0.25, -0.2) is 0 Å². The summed E-state index contributed by atoms with van der Waals surface area (Å²) in [5, 5.41) is 7.45. The van der Waals surface area contributed by atoms with Gasteiger partial charge in [0.25, 0.3) is 11.8 Å². The van der Waals surface area contributed by atoms with Gasteiger partial charge in [0.05, 0.1) is 0 Å². The Kier molecular flexibility index (Phi) is 4.62.